The van der Waals surface area contributed by atoms with Gasteiger partial charge in [0.2, 0.25) is 5.16 Å². The van der Waals surface area contributed by atoms with Crippen LogP contribution in [0.4, 0.5) is 5.69 Å². The molecule has 0 amide bonds. The standard InChI is InChI=1S/C20H18N6O2S/c27-26(28)18-10-4-2-7-16(18)14-21-12-13-29-20-22-23-24-25(20)19-11-5-8-15-6-1-3-9-17(15)19/h1-11,21H,12-14H2. The van der Waals surface area contributed by atoms with Gasteiger partial charge in [0, 0.05) is 35.9 Å². The SMILES string of the molecule is O=[N+]([O-])c1ccccc1CNCCSc1nnnn1-c1cccc2ccccc12. The summed E-state index contributed by atoms with van der Waals surface area (Å²) >= 11 is 1.53. The van der Waals surface area contributed by atoms with Crippen LogP contribution in [0.1, 0.15) is 5.56 Å². The van der Waals surface area contributed by atoms with E-state index in [1.165, 1.54) is 17.8 Å². The van der Waals surface area contributed by atoms with Crippen LogP contribution in [-0.2, 0) is 6.54 Å². The smallest absolute Gasteiger partial charge is 0.273 e. The van der Waals surface area contributed by atoms with Crippen LogP contribution in [0.25, 0.3) is 16.5 Å². The van der Waals surface area contributed by atoms with Gasteiger partial charge in [-0.1, -0.05) is 66.4 Å². The van der Waals surface area contributed by atoms with Crippen molar-refractivity contribution < 1.29 is 4.92 Å². The fourth-order valence-corrected chi connectivity index (χ4v) is 3.87. The number of thioether (sulfide) groups is 1. The molecule has 0 unspecified atom stereocenters. The molecular weight excluding hydrogens is 388 g/mol. The Labute approximate surface area is 171 Å². The Bertz CT molecular complexity index is 1140. The number of nitrogens with one attached hydrogen (secondary N) is 1. The summed E-state index contributed by atoms with van der Waals surface area (Å²) in [5.74, 6) is 0.728. The highest BCUT2D eigenvalue weighted by molar-refractivity contribution is 7.99. The molecule has 8 nitrogen and oxygen atoms in total. The molecule has 9 heteroatoms. The quantitative estimate of drug-likeness (QED) is 0.207. The van der Waals surface area contributed by atoms with E-state index in [1.807, 2.05) is 24.3 Å². The lowest BCUT2D eigenvalue weighted by atomic mass is 10.1. The second-order valence-corrected chi connectivity index (χ2v) is 7.34. The van der Waals surface area contributed by atoms with Gasteiger partial charge in [0.25, 0.3) is 5.69 Å². The molecule has 0 aliphatic heterocycles. The number of aromatic nitrogens is 4. The molecule has 0 atom stereocenters. The van der Waals surface area contributed by atoms with Gasteiger partial charge in [-0.3, -0.25) is 10.1 Å². The highest BCUT2D eigenvalue weighted by Gasteiger charge is 2.13. The second kappa shape index (κ2) is 8.80. The van der Waals surface area contributed by atoms with Gasteiger partial charge in [0.15, 0.2) is 0 Å². The van der Waals surface area contributed by atoms with Crippen LogP contribution in [0, 0.1) is 10.1 Å². The van der Waals surface area contributed by atoms with Crippen molar-refractivity contribution in [2.75, 3.05) is 12.3 Å². The van der Waals surface area contributed by atoms with Crippen molar-refractivity contribution in [2.45, 2.75) is 11.7 Å². The summed E-state index contributed by atoms with van der Waals surface area (Å²) in [6.45, 7) is 1.10. The van der Waals surface area contributed by atoms with Crippen molar-refractivity contribution in [3.63, 3.8) is 0 Å². The summed E-state index contributed by atoms with van der Waals surface area (Å²) in [4.78, 5) is 10.7. The van der Waals surface area contributed by atoms with Crippen molar-refractivity contribution in [1.29, 1.82) is 0 Å². The topological polar surface area (TPSA) is 98.8 Å². The van der Waals surface area contributed by atoms with Gasteiger partial charge in [-0.15, -0.1) is 5.10 Å². The lowest BCUT2D eigenvalue weighted by Crippen LogP contribution is -2.17. The minimum absolute atomic E-state index is 0.132. The monoisotopic (exact) mass is 406 g/mol. The first-order chi connectivity index (χ1) is 14.2. The largest absolute Gasteiger partial charge is 0.312 e. The number of nitrogens with zero attached hydrogens (tertiary/aromatic N) is 5. The highest BCUT2D eigenvalue weighted by Crippen LogP contribution is 2.25. The maximum atomic E-state index is 11.1. The molecule has 0 radical (unpaired) electrons. The van der Waals surface area contributed by atoms with E-state index in [4.69, 9.17) is 0 Å². The molecule has 3 aromatic carbocycles. The average Bonchev–Trinajstić information content (AvgIpc) is 3.21. The first-order valence-corrected chi connectivity index (χ1v) is 10.0. The zero-order valence-electron chi connectivity index (χ0n) is 15.4. The molecule has 1 aromatic heterocycles. The third kappa shape index (κ3) is 4.25. The maximum absolute atomic E-state index is 11.1. The lowest BCUT2D eigenvalue weighted by Gasteiger charge is -2.08. The Morgan fingerprint density at radius 2 is 1.83 bits per heavy atom. The molecule has 0 aliphatic carbocycles. The molecule has 0 saturated heterocycles. The van der Waals surface area contributed by atoms with Crippen LogP contribution in [0.2, 0.25) is 0 Å². The predicted molar refractivity (Wildman–Crippen MR) is 112 cm³/mol. The number of nitro groups is 1. The van der Waals surface area contributed by atoms with E-state index in [1.54, 1.807) is 22.9 Å². The fraction of sp³-hybridized carbons (Fsp3) is 0.150. The van der Waals surface area contributed by atoms with Gasteiger partial charge in [0.05, 0.1) is 10.6 Å². The van der Waals surface area contributed by atoms with Crippen molar-refractivity contribution in [1.82, 2.24) is 25.5 Å². The Hall–Kier alpha value is -3.30. The molecule has 4 aromatic rings. The van der Waals surface area contributed by atoms with Gasteiger partial charge in [-0.2, -0.15) is 4.68 Å². The number of benzene rings is 3. The number of hydrogen-bond acceptors (Lipinski definition) is 7. The van der Waals surface area contributed by atoms with E-state index < -0.39 is 0 Å². The van der Waals surface area contributed by atoms with Gasteiger partial charge < -0.3 is 5.32 Å². The van der Waals surface area contributed by atoms with Crippen LogP contribution < -0.4 is 5.32 Å². The van der Waals surface area contributed by atoms with E-state index in [0.717, 1.165) is 22.2 Å². The summed E-state index contributed by atoms with van der Waals surface area (Å²) < 4.78 is 1.75. The molecule has 146 valence electrons. The second-order valence-electron chi connectivity index (χ2n) is 6.28. The molecule has 4 rings (SSSR count). The number of rotatable bonds is 8. The first-order valence-electron chi connectivity index (χ1n) is 9.06. The molecule has 1 heterocycles. The molecule has 0 saturated carbocycles. The molecule has 0 spiro atoms. The predicted octanol–water partition coefficient (Wildman–Crippen LogP) is 3.61. The lowest BCUT2D eigenvalue weighted by molar-refractivity contribution is -0.385. The van der Waals surface area contributed by atoms with E-state index >= 15 is 0 Å². The van der Waals surface area contributed by atoms with Crippen LogP contribution in [0.3, 0.4) is 0 Å². The molecule has 0 aliphatic rings. The number of tetrazole rings is 1. The normalized spacial score (nSPS) is 11.0. The summed E-state index contributed by atoms with van der Waals surface area (Å²) in [7, 11) is 0. The Morgan fingerprint density at radius 1 is 1.03 bits per heavy atom. The number of nitro benzene ring substituents is 1. The minimum atomic E-state index is -0.357. The van der Waals surface area contributed by atoms with Crippen LogP contribution in [-0.4, -0.2) is 37.4 Å². The Balaban J connectivity index is 1.39. The van der Waals surface area contributed by atoms with E-state index in [0.29, 0.717) is 23.8 Å². The van der Waals surface area contributed by atoms with Crippen LogP contribution in [0.15, 0.2) is 71.9 Å². The summed E-state index contributed by atoms with van der Waals surface area (Å²) in [5.41, 5.74) is 1.74. The highest BCUT2D eigenvalue weighted by atomic mass is 32.2. The van der Waals surface area contributed by atoms with Crippen molar-refractivity contribution in [2.24, 2.45) is 0 Å². The van der Waals surface area contributed by atoms with Crippen molar-refractivity contribution in [3.05, 3.63) is 82.4 Å². The van der Waals surface area contributed by atoms with Gasteiger partial charge in [-0.25, -0.2) is 0 Å². The number of fused-ring (bicyclic) bond motifs is 1. The zero-order chi connectivity index (χ0) is 20.1. The molecule has 0 bridgehead atoms. The van der Waals surface area contributed by atoms with Crippen molar-refractivity contribution >= 4 is 28.2 Å². The summed E-state index contributed by atoms with van der Waals surface area (Å²) in [6.07, 6.45) is 0. The third-order valence-corrected chi connectivity index (χ3v) is 5.37. The summed E-state index contributed by atoms with van der Waals surface area (Å²) in [5, 5.41) is 29.4. The molecule has 1 N–H and O–H groups in total. The Morgan fingerprint density at radius 3 is 2.72 bits per heavy atom. The Kier molecular flexibility index (Phi) is 5.78. The average molecular weight is 406 g/mol. The van der Waals surface area contributed by atoms with Crippen molar-refractivity contribution in [3.8, 4) is 5.69 Å². The van der Waals surface area contributed by atoms with E-state index in [2.05, 4.69) is 39.0 Å². The first kappa shape index (κ1) is 19.0. The number of para-hydroxylation sites is 1. The van der Waals surface area contributed by atoms with Crippen LogP contribution in [0.5, 0.6) is 0 Å². The molecular formula is C20H18N6O2S. The number of hydrogen-bond donors (Lipinski definition) is 1. The third-order valence-electron chi connectivity index (χ3n) is 4.45. The van der Waals surface area contributed by atoms with Gasteiger partial charge in [0.1, 0.15) is 0 Å². The molecule has 29 heavy (non-hydrogen) atoms. The zero-order valence-corrected chi connectivity index (χ0v) is 16.2. The fourth-order valence-electron chi connectivity index (χ4n) is 3.09. The van der Waals surface area contributed by atoms with E-state index in [-0.39, 0.29) is 10.6 Å². The minimum Gasteiger partial charge on any atom is -0.312 e. The molecule has 0 fully saturated rings. The maximum Gasteiger partial charge on any atom is 0.273 e. The summed E-state index contributed by atoms with van der Waals surface area (Å²) in [6, 6.07) is 20.9. The van der Waals surface area contributed by atoms with Gasteiger partial charge in [-0.05, 0) is 21.9 Å². The van der Waals surface area contributed by atoms with Crippen LogP contribution >= 0.6 is 11.8 Å². The van der Waals surface area contributed by atoms with Gasteiger partial charge >= 0.3 is 0 Å². The van der Waals surface area contributed by atoms with E-state index in [9.17, 15) is 10.1 Å².